The molecule has 33 heavy (non-hydrogen) atoms. The molecule has 8 heteroatoms. The number of carbonyl (C=O) groups is 2. The van der Waals surface area contributed by atoms with E-state index in [1.807, 2.05) is 6.92 Å². The fourth-order valence-corrected chi connectivity index (χ4v) is 4.22. The van der Waals surface area contributed by atoms with Gasteiger partial charge in [-0.25, -0.2) is 0 Å². The quantitative estimate of drug-likeness (QED) is 0.485. The van der Waals surface area contributed by atoms with E-state index in [1.165, 1.54) is 29.2 Å². The lowest BCUT2D eigenvalue weighted by Gasteiger charge is -2.28. The van der Waals surface area contributed by atoms with E-state index in [2.05, 4.69) is 13.8 Å². The lowest BCUT2D eigenvalue weighted by atomic mass is 9.94. The maximum atomic E-state index is 13.2. The summed E-state index contributed by atoms with van der Waals surface area (Å²) in [7, 11) is 1.52. The first-order valence-corrected chi connectivity index (χ1v) is 11.4. The number of furan rings is 1. The minimum absolute atomic E-state index is 0.0310. The van der Waals surface area contributed by atoms with Gasteiger partial charge in [0.15, 0.2) is 17.3 Å². The molecule has 1 amide bonds. The van der Waals surface area contributed by atoms with Gasteiger partial charge >= 0.3 is 0 Å². The van der Waals surface area contributed by atoms with E-state index < -0.39 is 23.5 Å². The van der Waals surface area contributed by atoms with Gasteiger partial charge < -0.3 is 28.8 Å². The van der Waals surface area contributed by atoms with Crippen LogP contribution in [0.4, 0.5) is 0 Å². The van der Waals surface area contributed by atoms with Crippen molar-refractivity contribution in [1.29, 1.82) is 0 Å². The number of ether oxygens (including phenoxy) is 2. The molecule has 178 valence electrons. The Labute approximate surface area is 194 Å². The molecule has 1 unspecified atom stereocenters. The van der Waals surface area contributed by atoms with Crippen LogP contribution in [0.25, 0.3) is 0 Å². The lowest BCUT2D eigenvalue weighted by Crippen LogP contribution is -3.11. The lowest BCUT2D eigenvalue weighted by molar-refractivity contribution is -0.896. The van der Waals surface area contributed by atoms with Crippen LogP contribution in [-0.2, 0) is 4.79 Å². The zero-order chi connectivity index (χ0) is 24.0. The highest BCUT2D eigenvalue weighted by Crippen LogP contribution is 2.41. The largest absolute Gasteiger partial charge is 0.868 e. The molecule has 0 spiro atoms. The Morgan fingerprint density at radius 2 is 1.94 bits per heavy atom. The fraction of sp³-hybridized carbons (Fsp3) is 0.440. The summed E-state index contributed by atoms with van der Waals surface area (Å²) in [6, 6.07) is 7.47. The third-order valence-electron chi connectivity index (χ3n) is 6.01. The van der Waals surface area contributed by atoms with Gasteiger partial charge in [0.25, 0.3) is 0 Å². The molecule has 0 saturated heterocycles. The third-order valence-corrected chi connectivity index (χ3v) is 6.01. The molecule has 0 aliphatic carbocycles. The number of hydrogen-bond donors (Lipinski definition) is 1. The van der Waals surface area contributed by atoms with Gasteiger partial charge in [-0.3, -0.25) is 9.59 Å². The number of ketones is 1. The van der Waals surface area contributed by atoms with Crippen molar-refractivity contribution in [3.63, 3.8) is 0 Å². The van der Waals surface area contributed by atoms with Crippen LogP contribution in [0.3, 0.4) is 0 Å². The summed E-state index contributed by atoms with van der Waals surface area (Å²) in [5.41, 5.74) is 0.510. The Morgan fingerprint density at radius 1 is 1.18 bits per heavy atom. The zero-order valence-electron chi connectivity index (χ0n) is 19.7. The summed E-state index contributed by atoms with van der Waals surface area (Å²) in [5, 5.41) is 13.0. The number of nitrogens with zero attached hydrogens (tertiary/aromatic N) is 1. The second kappa shape index (κ2) is 11.0. The molecule has 8 nitrogen and oxygen atoms in total. The van der Waals surface area contributed by atoms with Gasteiger partial charge in [0.2, 0.25) is 11.7 Å². The third kappa shape index (κ3) is 5.06. The minimum Gasteiger partial charge on any atom is -0.868 e. The molecular formula is C25H32N2O6. The second-order valence-electron chi connectivity index (χ2n) is 7.85. The Bertz CT molecular complexity index is 994. The normalized spacial score (nSPS) is 16.1. The summed E-state index contributed by atoms with van der Waals surface area (Å²) in [6.45, 7) is 9.77. The first-order chi connectivity index (χ1) is 16.0. The average molecular weight is 457 g/mol. The van der Waals surface area contributed by atoms with Crippen molar-refractivity contribution < 1.29 is 33.5 Å². The van der Waals surface area contributed by atoms with Crippen molar-refractivity contribution in [1.82, 2.24) is 4.90 Å². The number of methoxy groups -OCH3 is 1. The summed E-state index contributed by atoms with van der Waals surface area (Å²) in [6.07, 6.45) is 2.08. The van der Waals surface area contributed by atoms with E-state index in [4.69, 9.17) is 13.9 Å². The molecule has 1 aliphatic rings. The van der Waals surface area contributed by atoms with Crippen LogP contribution in [0.5, 0.6) is 11.5 Å². The summed E-state index contributed by atoms with van der Waals surface area (Å²) in [5.74, 6) is -0.980. The van der Waals surface area contributed by atoms with Crippen LogP contribution in [0.15, 0.2) is 52.3 Å². The first kappa shape index (κ1) is 24.4. The van der Waals surface area contributed by atoms with Crippen molar-refractivity contribution in [2.75, 3.05) is 39.9 Å². The smallest absolute Gasteiger partial charge is 0.239 e. The maximum absolute atomic E-state index is 13.2. The van der Waals surface area contributed by atoms with Crippen molar-refractivity contribution >= 4 is 11.7 Å². The molecule has 0 saturated carbocycles. The number of quaternary nitrogens is 1. The number of nitrogens with one attached hydrogen (secondary N) is 1. The average Bonchev–Trinajstić information content (AvgIpc) is 3.45. The predicted octanol–water partition coefficient (Wildman–Crippen LogP) is 1.38. The Balaban J connectivity index is 2.00. The number of rotatable bonds is 12. The molecule has 0 fully saturated rings. The van der Waals surface area contributed by atoms with Gasteiger partial charge in [0.1, 0.15) is 0 Å². The molecule has 1 N–H and O–H groups in total. The van der Waals surface area contributed by atoms with E-state index in [0.717, 1.165) is 19.6 Å². The van der Waals surface area contributed by atoms with Gasteiger partial charge in [0.05, 0.1) is 45.7 Å². The van der Waals surface area contributed by atoms with Crippen molar-refractivity contribution in [3.05, 3.63) is 59.3 Å². The summed E-state index contributed by atoms with van der Waals surface area (Å²) < 4.78 is 16.3. The molecule has 1 aromatic heterocycles. The van der Waals surface area contributed by atoms with E-state index >= 15 is 0 Å². The number of benzene rings is 1. The van der Waals surface area contributed by atoms with E-state index in [0.29, 0.717) is 36.6 Å². The molecule has 1 atom stereocenters. The second-order valence-corrected chi connectivity index (χ2v) is 7.85. The Hall–Kier alpha value is -3.26. The zero-order valence-corrected chi connectivity index (χ0v) is 19.7. The topological polar surface area (TPSA) is 96.5 Å². The van der Waals surface area contributed by atoms with E-state index in [1.54, 1.807) is 24.3 Å². The molecule has 0 bridgehead atoms. The highest BCUT2D eigenvalue weighted by molar-refractivity contribution is 6.14. The number of Topliss-reactive ketones (excluding diaryl/α,β-unsaturated/α-hetero) is 1. The van der Waals surface area contributed by atoms with Crippen LogP contribution in [-0.4, -0.2) is 56.5 Å². The van der Waals surface area contributed by atoms with Gasteiger partial charge in [-0.05, 0) is 56.4 Å². The Kier molecular flexibility index (Phi) is 8.16. The molecule has 1 aromatic carbocycles. The van der Waals surface area contributed by atoms with Gasteiger partial charge in [0, 0.05) is 18.5 Å². The van der Waals surface area contributed by atoms with Crippen LogP contribution >= 0.6 is 0 Å². The van der Waals surface area contributed by atoms with Crippen molar-refractivity contribution in [2.45, 2.75) is 33.2 Å². The number of amides is 1. The van der Waals surface area contributed by atoms with Crippen molar-refractivity contribution in [2.24, 2.45) is 0 Å². The molecule has 2 heterocycles. The summed E-state index contributed by atoms with van der Waals surface area (Å²) >= 11 is 0. The first-order valence-electron chi connectivity index (χ1n) is 11.4. The summed E-state index contributed by atoms with van der Waals surface area (Å²) in [4.78, 5) is 29.1. The SMILES string of the molecule is CCOc1ccc(C2C(C(=O)c3ccco3)=C([O-])C(=O)N2CCC[NH+](CC)CC)cc1OC. The van der Waals surface area contributed by atoms with Gasteiger partial charge in [-0.15, -0.1) is 0 Å². The van der Waals surface area contributed by atoms with Crippen molar-refractivity contribution in [3.8, 4) is 11.5 Å². The van der Waals surface area contributed by atoms with E-state index in [9.17, 15) is 14.7 Å². The predicted molar refractivity (Wildman–Crippen MR) is 120 cm³/mol. The van der Waals surface area contributed by atoms with Gasteiger partial charge in [-0.2, -0.15) is 0 Å². The molecule has 1 aliphatic heterocycles. The fourth-order valence-electron chi connectivity index (χ4n) is 4.22. The molecule has 3 rings (SSSR count). The van der Waals surface area contributed by atoms with E-state index in [-0.39, 0.29) is 11.3 Å². The van der Waals surface area contributed by atoms with Crippen LogP contribution in [0.1, 0.15) is 49.4 Å². The molecule has 0 radical (unpaired) electrons. The maximum Gasteiger partial charge on any atom is 0.239 e. The molecule has 2 aromatic rings. The number of carbonyl (C=O) groups excluding carboxylic acids is 2. The highest BCUT2D eigenvalue weighted by Gasteiger charge is 2.40. The monoisotopic (exact) mass is 456 g/mol. The minimum atomic E-state index is -0.820. The van der Waals surface area contributed by atoms with Gasteiger partial charge in [-0.1, -0.05) is 6.07 Å². The number of hydrogen-bond acceptors (Lipinski definition) is 6. The Morgan fingerprint density at radius 3 is 2.55 bits per heavy atom. The standard InChI is InChI=1S/C25H32N2O6/c1-5-26(6-2)13-9-14-27-22(17-11-12-18(32-7-3)20(16-17)31-4)21(24(29)25(27)30)23(28)19-10-8-15-33-19/h8,10-12,15-16,22,29H,5-7,9,13-14H2,1-4H3. The van der Waals surface area contributed by atoms with Crippen LogP contribution in [0, 0.1) is 0 Å². The molecular weight excluding hydrogens is 424 g/mol. The highest BCUT2D eigenvalue weighted by atomic mass is 16.5. The van der Waals surface area contributed by atoms with Crippen LogP contribution < -0.4 is 19.5 Å². The van der Waals surface area contributed by atoms with Crippen LogP contribution in [0.2, 0.25) is 0 Å².